The molecule has 1 unspecified atom stereocenters. The highest BCUT2D eigenvalue weighted by Gasteiger charge is 2.58. The third-order valence-corrected chi connectivity index (χ3v) is 6.44. The van der Waals surface area contributed by atoms with Crippen LogP contribution in [0.25, 0.3) is 0 Å². The standard InChI is InChI=1S/C28H26F4N2O4/c1-18(29)27(36,28(30,31)32)21-9-11-25-20(14-21)8-10-24(38-23-7-3-6-22(15-23)37-2)17-34(25)26(35)13-19-5-4-12-33-16-19/h3-7,9,11-12,14-16,24,36H,1,8,10,13,17H2,2H3/t24-,27?/m0/s1. The maximum Gasteiger partial charge on any atom is 0.428 e. The van der Waals surface area contributed by atoms with Crippen molar-refractivity contribution >= 4 is 11.6 Å². The fraction of sp³-hybridized carbons (Fsp3) is 0.286. The number of carbonyl (C=O) groups is 1. The molecule has 1 aromatic heterocycles. The van der Waals surface area contributed by atoms with Crippen LogP contribution in [0, 0.1) is 0 Å². The van der Waals surface area contributed by atoms with Crippen LogP contribution in [0.1, 0.15) is 23.1 Å². The lowest BCUT2D eigenvalue weighted by Gasteiger charge is -2.31. The predicted molar refractivity (Wildman–Crippen MR) is 133 cm³/mol. The molecule has 200 valence electrons. The number of alkyl halides is 3. The number of amides is 1. The smallest absolute Gasteiger partial charge is 0.428 e. The van der Waals surface area contributed by atoms with Crippen molar-refractivity contribution in [1.82, 2.24) is 4.98 Å². The molecule has 1 aliphatic rings. The second-order valence-electron chi connectivity index (χ2n) is 8.96. The topological polar surface area (TPSA) is 71.9 Å². The highest BCUT2D eigenvalue weighted by Crippen LogP contribution is 2.45. The van der Waals surface area contributed by atoms with Crippen LogP contribution in [-0.2, 0) is 23.2 Å². The number of fused-ring (bicyclic) bond motifs is 1. The number of benzene rings is 2. The number of halogens is 4. The Bertz CT molecular complexity index is 1320. The molecule has 3 aromatic rings. The Hall–Kier alpha value is -3.92. The number of aryl methyl sites for hydroxylation is 1. The van der Waals surface area contributed by atoms with E-state index in [2.05, 4.69) is 11.6 Å². The van der Waals surface area contributed by atoms with Gasteiger partial charge in [-0.2, -0.15) is 13.2 Å². The molecule has 38 heavy (non-hydrogen) atoms. The number of methoxy groups -OCH3 is 1. The average molecular weight is 531 g/mol. The van der Waals surface area contributed by atoms with Gasteiger partial charge in [0.05, 0.1) is 20.1 Å². The first kappa shape index (κ1) is 27.1. The number of rotatable bonds is 7. The third kappa shape index (κ3) is 5.50. The molecule has 0 bridgehead atoms. The summed E-state index contributed by atoms with van der Waals surface area (Å²) in [6.45, 7) is 2.84. The molecule has 10 heteroatoms. The van der Waals surface area contributed by atoms with Gasteiger partial charge in [-0.25, -0.2) is 4.39 Å². The summed E-state index contributed by atoms with van der Waals surface area (Å²) in [6.07, 6.45) is -2.18. The first-order chi connectivity index (χ1) is 18.0. The van der Waals surface area contributed by atoms with E-state index >= 15 is 0 Å². The SMILES string of the molecule is C=C(F)C(O)(c1ccc2c(c1)CC[C@H](Oc1cccc(OC)c1)CN2C(=O)Cc1cccnc1)C(F)(F)F. The Morgan fingerprint density at radius 1 is 1.16 bits per heavy atom. The predicted octanol–water partition coefficient (Wildman–Crippen LogP) is 5.29. The van der Waals surface area contributed by atoms with Crippen molar-refractivity contribution < 1.29 is 36.9 Å². The van der Waals surface area contributed by atoms with Gasteiger partial charge in [0, 0.05) is 29.7 Å². The molecule has 0 aliphatic carbocycles. The molecule has 2 aromatic carbocycles. The van der Waals surface area contributed by atoms with Crippen LogP contribution in [0.2, 0.25) is 0 Å². The van der Waals surface area contributed by atoms with Crippen molar-refractivity contribution in [2.45, 2.75) is 37.1 Å². The monoisotopic (exact) mass is 530 g/mol. The first-order valence-electron chi connectivity index (χ1n) is 11.8. The fourth-order valence-electron chi connectivity index (χ4n) is 4.43. The van der Waals surface area contributed by atoms with Gasteiger partial charge in [0.15, 0.2) is 0 Å². The van der Waals surface area contributed by atoms with Crippen molar-refractivity contribution in [1.29, 1.82) is 0 Å². The minimum Gasteiger partial charge on any atom is -0.497 e. The molecule has 0 fully saturated rings. The van der Waals surface area contributed by atoms with E-state index in [4.69, 9.17) is 9.47 Å². The lowest BCUT2D eigenvalue weighted by molar-refractivity contribution is -0.255. The van der Waals surface area contributed by atoms with Gasteiger partial charge in [-0.05, 0) is 48.2 Å². The summed E-state index contributed by atoms with van der Waals surface area (Å²) in [5, 5.41) is 10.3. The first-order valence-corrected chi connectivity index (χ1v) is 11.8. The van der Waals surface area contributed by atoms with Crippen LogP contribution < -0.4 is 14.4 Å². The molecule has 0 spiro atoms. The van der Waals surface area contributed by atoms with Gasteiger partial charge in [0.25, 0.3) is 0 Å². The van der Waals surface area contributed by atoms with Gasteiger partial charge in [0.2, 0.25) is 11.5 Å². The minimum atomic E-state index is -5.34. The van der Waals surface area contributed by atoms with Crippen molar-refractivity contribution in [3.05, 3.63) is 96.1 Å². The summed E-state index contributed by atoms with van der Waals surface area (Å²) < 4.78 is 66.5. The van der Waals surface area contributed by atoms with E-state index in [9.17, 15) is 27.5 Å². The van der Waals surface area contributed by atoms with Crippen molar-refractivity contribution in [2.75, 3.05) is 18.6 Å². The number of hydrogen-bond acceptors (Lipinski definition) is 5. The maximum absolute atomic E-state index is 14.0. The number of ether oxygens (including phenoxy) is 2. The molecular formula is C28H26F4N2O4. The number of carbonyl (C=O) groups excluding carboxylic acids is 1. The average Bonchev–Trinajstić information content (AvgIpc) is 3.07. The highest BCUT2D eigenvalue weighted by atomic mass is 19.4. The zero-order valence-corrected chi connectivity index (χ0v) is 20.5. The summed E-state index contributed by atoms with van der Waals surface area (Å²) in [7, 11) is 1.52. The summed E-state index contributed by atoms with van der Waals surface area (Å²) >= 11 is 0. The van der Waals surface area contributed by atoms with Crippen LogP contribution in [-0.4, -0.2) is 41.9 Å². The van der Waals surface area contributed by atoms with E-state index in [1.54, 1.807) is 48.8 Å². The van der Waals surface area contributed by atoms with E-state index in [0.29, 0.717) is 34.7 Å². The number of anilines is 1. The highest BCUT2D eigenvalue weighted by molar-refractivity contribution is 5.95. The Balaban J connectivity index is 1.71. The molecule has 0 saturated heterocycles. The molecule has 0 saturated carbocycles. The molecule has 1 N–H and O–H groups in total. The van der Waals surface area contributed by atoms with Crippen LogP contribution in [0.15, 0.2) is 79.4 Å². The number of aliphatic hydroxyl groups is 1. The van der Waals surface area contributed by atoms with Gasteiger partial charge >= 0.3 is 6.18 Å². The summed E-state index contributed by atoms with van der Waals surface area (Å²) in [4.78, 5) is 18.9. The van der Waals surface area contributed by atoms with Crippen LogP contribution in [0.5, 0.6) is 11.5 Å². The third-order valence-electron chi connectivity index (χ3n) is 6.44. The van der Waals surface area contributed by atoms with Crippen molar-refractivity contribution in [3.63, 3.8) is 0 Å². The van der Waals surface area contributed by atoms with Gasteiger partial charge < -0.3 is 19.5 Å². The van der Waals surface area contributed by atoms with E-state index in [1.807, 2.05) is 0 Å². The van der Waals surface area contributed by atoms with Crippen LogP contribution >= 0.6 is 0 Å². The van der Waals surface area contributed by atoms with Crippen LogP contribution in [0.4, 0.5) is 23.2 Å². The van der Waals surface area contributed by atoms with E-state index in [1.165, 1.54) is 18.1 Å². The van der Waals surface area contributed by atoms with E-state index in [0.717, 1.165) is 12.1 Å². The van der Waals surface area contributed by atoms with Crippen molar-refractivity contribution in [3.8, 4) is 11.5 Å². The molecule has 1 aliphatic heterocycles. The Kier molecular flexibility index (Phi) is 7.73. The Morgan fingerprint density at radius 3 is 2.58 bits per heavy atom. The van der Waals surface area contributed by atoms with Gasteiger partial charge in [0.1, 0.15) is 23.4 Å². The quantitative estimate of drug-likeness (QED) is 0.420. The summed E-state index contributed by atoms with van der Waals surface area (Å²) in [6, 6.07) is 13.7. The summed E-state index contributed by atoms with van der Waals surface area (Å²) in [5.74, 6) is -1.19. The number of nitrogens with zero attached hydrogens (tertiary/aromatic N) is 2. The molecule has 2 heterocycles. The van der Waals surface area contributed by atoms with E-state index < -0.39 is 29.3 Å². The van der Waals surface area contributed by atoms with Gasteiger partial charge in [-0.15, -0.1) is 0 Å². The maximum atomic E-state index is 14.0. The molecule has 6 nitrogen and oxygen atoms in total. The molecule has 0 radical (unpaired) electrons. The van der Waals surface area contributed by atoms with Crippen molar-refractivity contribution in [2.24, 2.45) is 0 Å². The molecule has 1 amide bonds. The Morgan fingerprint density at radius 2 is 1.92 bits per heavy atom. The Labute approximate surface area is 217 Å². The van der Waals surface area contributed by atoms with E-state index in [-0.39, 0.29) is 25.3 Å². The summed E-state index contributed by atoms with van der Waals surface area (Å²) in [5.41, 5.74) is -3.25. The molecule has 4 rings (SSSR count). The zero-order valence-electron chi connectivity index (χ0n) is 20.5. The van der Waals surface area contributed by atoms with Gasteiger partial charge in [-0.3, -0.25) is 9.78 Å². The second kappa shape index (κ2) is 10.8. The van der Waals surface area contributed by atoms with Gasteiger partial charge in [-0.1, -0.05) is 30.8 Å². The number of hydrogen-bond donors (Lipinski definition) is 1. The minimum absolute atomic E-state index is 0.00527. The second-order valence-corrected chi connectivity index (χ2v) is 8.96. The van der Waals surface area contributed by atoms with Crippen LogP contribution in [0.3, 0.4) is 0 Å². The lowest BCUT2D eigenvalue weighted by Crippen LogP contribution is -2.43. The number of pyridine rings is 1. The molecular weight excluding hydrogens is 504 g/mol. The lowest BCUT2D eigenvalue weighted by atomic mass is 9.89. The largest absolute Gasteiger partial charge is 0.497 e. The zero-order chi connectivity index (χ0) is 27.5. The normalized spacial score (nSPS) is 17.1. The number of aromatic nitrogens is 1. The molecule has 2 atom stereocenters. The fourth-order valence-corrected chi connectivity index (χ4v) is 4.43.